The van der Waals surface area contributed by atoms with Crippen LogP contribution in [-0.4, -0.2) is 40.4 Å². The number of aromatic nitrogens is 2. The lowest BCUT2D eigenvalue weighted by Gasteiger charge is -2.19. The number of para-hydroxylation sites is 1. The highest BCUT2D eigenvalue weighted by Gasteiger charge is 2.18. The van der Waals surface area contributed by atoms with Crippen LogP contribution in [-0.2, 0) is 6.54 Å². The predicted molar refractivity (Wildman–Crippen MR) is 148 cm³/mol. The van der Waals surface area contributed by atoms with E-state index in [0.717, 1.165) is 5.56 Å². The number of anilines is 3. The SMILES string of the molecule is C=C(c1cccc(Nc2c(NCC)c(=O)[nH]n(Cc3ccccc3)c2=O)c1O)N(C)C.CC.CC. The summed E-state index contributed by atoms with van der Waals surface area (Å²) in [7, 11) is 3.65. The zero-order valence-electron chi connectivity index (χ0n) is 21.9. The molecule has 0 saturated carbocycles. The molecule has 3 rings (SSSR count). The van der Waals surface area contributed by atoms with Crippen LogP contribution in [0, 0.1) is 0 Å². The lowest BCUT2D eigenvalue weighted by Crippen LogP contribution is -2.34. The molecule has 1 heterocycles. The van der Waals surface area contributed by atoms with Gasteiger partial charge in [-0.1, -0.05) is 70.7 Å². The Morgan fingerprint density at radius 3 is 2.20 bits per heavy atom. The largest absolute Gasteiger partial charge is 0.505 e. The number of phenols is 1. The quantitative estimate of drug-likeness (QED) is 0.336. The highest BCUT2D eigenvalue weighted by Crippen LogP contribution is 2.34. The molecule has 2 aromatic carbocycles. The van der Waals surface area contributed by atoms with Crippen LogP contribution >= 0.6 is 0 Å². The molecule has 0 atom stereocenters. The van der Waals surface area contributed by atoms with Gasteiger partial charge in [0.25, 0.3) is 11.1 Å². The van der Waals surface area contributed by atoms with Crippen LogP contribution in [0.3, 0.4) is 0 Å². The Kier molecular flexibility index (Phi) is 11.9. The minimum Gasteiger partial charge on any atom is -0.505 e. The maximum atomic E-state index is 13.2. The van der Waals surface area contributed by atoms with Gasteiger partial charge in [-0.2, -0.15) is 0 Å². The Labute approximate surface area is 207 Å². The molecule has 0 aliphatic heterocycles. The third kappa shape index (κ3) is 7.27. The fraction of sp³-hybridized carbons (Fsp3) is 0.333. The molecule has 190 valence electrons. The van der Waals surface area contributed by atoms with Crippen molar-refractivity contribution in [3.8, 4) is 5.75 Å². The molecule has 0 saturated heterocycles. The Hall–Kier alpha value is -3.94. The maximum Gasteiger partial charge on any atom is 0.291 e. The molecule has 35 heavy (non-hydrogen) atoms. The molecule has 0 bridgehead atoms. The van der Waals surface area contributed by atoms with Gasteiger partial charge < -0.3 is 20.6 Å². The van der Waals surface area contributed by atoms with Crippen LogP contribution in [0.25, 0.3) is 5.70 Å². The van der Waals surface area contributed by atoms with Crippen molar-refractivity contribution in [2.45, 2.75) is 41.2 Å². The topological polar surface area (TPSA) is 102 Å². The second-order valence-corrected chi connectivity index (χ2v) is 7.27. The van der Waals surface area contributed by atoms with Gasteiger partial charge in [-0.3, -0.25) is 14.7 Å². The van der Waals surface area contributed by atoms with Crippen LogP contribution in [0.2, 0.25) is 0 Å². The summed E-state index contributed by atoms with van der Waals surface area (Å²) in [5, 5.41) is 19.3. The maximum absolute atomic E-state index is 13.2. The first-order valence-corrected chi connectivity index (χ1v) is 11.9. The first kappa shape index (κ1) is 29.1. The second kappa shape index (κ2) is 14.3. The molecule has 8 heteroatoms. The van der Waals surface area contributed by atoms with Gasteiger partial charge in [-0.25, -0.2) is 4.68 Å². The summed E-state index contributed by atoms with van der Waals surface area (Å²) in [6.07, 6.45) is 0. The summed E-state index contributed by atoms with van der Waals surface area (Å²) in [6, 6.07) is 14.5. The van der Waals surface area contributed by atoms with Gasteiger partial charge in [0.05, 0.1) is 12.2 Å². The minimum atomic E-state index is -0.437. The van der Waals surface area contributed by atoms with Crippen molar-refractivity contribution in [3.63, 3.8) is 0 Å². The first-order valence-electron chi connectivity index (χ1n) is 11.9. The molecule has 0 spiro atoms. The van der Waals surface area contributed by atoms with E-state index in [1.54, 1.807) is 23.1 Å². The van der Waals surface area contributed by atoms with Crippen molar-refractivity contribution < 1.29 is 5.11 Å². The molecule has 0 radical (unpaired) electrons. The Balaban J connectivity index is 0.00000145. The number of H-pyrrole nitrogens is 1. The summed E-state index contributed by atoms with van der Waals surface area (Å²) in [4.78, 5) is 27.8. The number of aromatic amines is 1. The van der Waals surface area contributed by atoms with E-state index in [1.165, 1.54) is 4.68 Å². The van der Waals surface area contributed by atoms with Crippen molar-refractivity contribution in [1.82, 2.24) is 14.7 Å². The van der Waals surface area contributed by atoms with Crippen molar-refractivity contribution in [2.75, 3.05) is 31.3 Å². The lowest BCUT2D eigenvalue weighted by molar-refractivity contribution is 0.472. The van der Waals surface area contributed by atoms with Crippen LogP contribution in [0.4, 0.5) is 17.1 Å². The van der Waals surface area contributed by atoms with Gasteiger partial charge in [0.2, 0.25) is 0 Å². The molecule has 1 aromatic heterocycles. The van der Waals surface area contributed by atoms with Gasteiger partial charge in [-0.05, 0) is 24.6 Å². The molecular weight excluding hydrogens is 442 g/mol. The zero-order chi connectivity index (χ0) is 26.5. The number of rotatable bonds is 8. The summed E-state index contributed by atoms with van der Waals surface area (Å²) in [5.74, 6) is -0.0575. The summed E-state index contributed by atoms with van der Waals surface area (Å²) < 4.78 is 1.25. The number of hydrogen-bond acceptors (Lipinski definition) is 6. The van der Waals surface area contributed by atoms with Crippen molar-refractivity contribution in [2.24, 2.45) is 0 Å². The van der Waals surface area contributed by atoms with Gasteiger partial charge in [0.15, 0.2) is 0 Å². The van der Waals surface area contributed by atoms with Crippen LogP contribution in [0.5, 0.6) is 5.75 Å². The molecule has 0 unspecified atom stereocenters. The standard InChI is InChI=1S/C23H27N5O3.2C2H6/c1-5-24-19-20(25-18-13-9-12-17(21(18)29)15(2)27(3)4)23(31)28(26-22(19)30)14-16-10-7-6-8-11-16;2*1-2/h6-13,24-25,29H,2,5,14H2,1,3-4H3,(H,26,30);2*1-2H3. The molecule has 0 fully saturated rings. The minimum absolute atomic E-state index is 0.0575. The molecule has 0 amide bonds. The van der Waals surface area contributed by atoms with E-state index in [0.29, 0.717) is 23.5 Å². The van der Waals surface area contributed by atoms with E-state index in [9.17, 15) is 14.7 Å². The fourth-order valence-corrected chi connectivity index (χ4v) is 3.18. The summed E-state index contributed by atoms with van der Waals surface area (Å²) >= 11 is 0. The molecular formula is C27H39N5O3. The van der Waals surface area contributed by atoms with E-state index in [-0.39, 0.29) is 23.7 Å². The Bertz CT molecular complexity index is 1200. The van der Waals surface area contributed by atoms with E-state index in [1.807, 2.05) is 79.0 Å². The van der Waals surface area contributed by atoms with Crippen molar-refractivity contribution in [1.29, 1.82) is 0 Å². The van der Waals surface area contributed by atoms with Gasteiger partial charge in [0.1, 0.15) is 17.1 Å². The van der Waals surface area contributed by atoms with Crippen LogP contribution < -0.4 is 21.8 Å². The molecule has 0 aliphatic rings. The number of hydrogen-bond donors (Lipinski definition) is 4. The summed E-state index contributed by atoms with van der Waals surface area (Å²) in [5.41, 5.74) is 1.62. The second-order valence-electron chi connectivity index (χ2n) is 7.27. The molecule has 8 nitrogen and oxygen atoms in total. The van der Waals surface area contributed by atoms with E-state index in [4.69, 9.17) is 0 Å². The summed E-state index contributed by atoms with van der Waals surface area (Å²) in [6.45, 7) is 14.5. The normalized spacial score (nSPS) is 9.69. The van der Waals surface area contributed by atoms with Gasteiger partial charge >= 0.3 is 0 Å². The third-order valence-electron chi connectivity index (χ3n) is 4.86. The van der Waals surface area contributed by atoms with Gasteiger partial charge in [0, 0.05) is 31.9 Å². The number of benzene rings is 2. The van der Waals surface area contributed by atoms with E-state index < -0.39 is 11.1 Å². The average Bonchev–Trinajstić information content (AvgIpc) is 2.88. The molecule has 4 N–H and O–H groups in total. The highest BCUT2D eigenvalue weighted by molar-refractivity contribution is 5.80. The number of aromatic hydroxyl groups is 1. The average molecular weight is 482 g/mol. The predicted octanol–water partition coefficient (Wildman–Crippen LogP) is 5.05. The smallest absolute Gasteiger partial charge is 0.291 e. The van der Waals surface area contributed by atoms with Crippen molar-refractivity contribution >= 4 is 22.8 Å². The van der Waals surface area contributed by atoms with Crippen LogP contribution in [0.15, 0.2) is 64.7 Å². The Morgan fingerprint density at radius 1 is 1.00 bits per heavy atom. The molecule has 0 aliphatic carbocycles. The van der Waals surface area contributed by atoms with E-state index in [2.05, 4.69) is 22.3 Å². The number of phenolic OH excluding ortho intramolecular Hbond substituents is 1. The zero-order valence-corrected chi connectivity index (χ0v) is 21.9. The van der Waals surface area contributed by atoms with Crippen molar-refractivity contribution in [3.05, 3.63) is 86.9 Å². The number of nitrogens with one attached hydrogen (secondary N) is 3. The monoisotopic (exact) mass is 481 g/mol. The highest BCUT2D eigenvalue weighted by atomic mass is 16.3. The lowest BCUT2D eigenvalue weighted by atomic mass is 10.1. The first-order chi connectivity index (χ1) is 16.8. The Morgan fingerprint density at radius 2 is 1.63 bits per heavy atom. The third-order valence-corrected chi connectivity index (χ3v) is 4.86. The van der Waals surface area contributed by atoms with E-state index >= 15 is 0 Å². The fourth-order valence-electron chi connectivity index (χ4n) is 3.18. The van der Waals surface area contributed by atoms with Crippen LogP contribution in [0.1, 0.15) is 45.7 Å². The molecule has 3 aromatic rings. The number of nitrogens with zero attached hydrogens (tertiary/aromatic N) is 2. The van der Waals surface area contributed by atoms with Gasteiger partial charge in [-0.15, -0.1) is 0 Å².